The first-order valence-electron chi connectivity index (χ1n) is 9.27. The molecule has 144 valence electrons. The van der Waals surface area contributed by atoms with Crippen LogP contribution in [-0.2, 0) is 19.3 Å². The van der Waals surface area contributed by atoms with Crippen LogP contribution in [-0.4, -0.2) is 27.9 Å². The summed E-state index contributed by atoms with van der Waals surface area (Å²) in [4.78, 5) is 26.6. The van der Waals surface area contributed by atoms with Crippen molar-refractivity contribution >= 4 is 39.7 Å². The highest BCUT2D eigenvalue weighted by Gasteiger charge is 2.26. The minimum Gasteiger partial charge on any atom is -0.352 e. The second-order valence-corrected chi connectivity index (χ2v) is 8.37. The van der Waals surface area contributed by atoms with E-state index in [-0.39, 0.29) is 17.5 Å². The first kappa shape index (κ1) is 18.8. The molecule has 0 radical (unpaired) electrons. The molecule has 0 fully saturated rings. The molecular formula is C20H20N4O2S2. The zero-order valence-electron chi connectivity index (χ0n) is 15.2. The van der Waals surface area contributed by atoms with Gasteiger partial charge in [0, 0.05) is 16.8 Å². The van der Waals surface area contributed by atoms with Crippen LogP contribution in [0.25, 0.3) is 0 Å². The lowest BCUT2D eigenvalue weighted by Gasteiger charge is -2.13. The fraction of sp³-hybridized carbons (Fsp3) is 0.300. The number of hydrogen-bond donors (Lipinski definition) is 2. The largest absolute Gasteiger partial charge is 0.352 e. The lowest BCUT2D eigenvalue weighted by atomic mass is 9.95. The molecule has 0 bridgehead atoms. The lowest BCUT2D eigenvalue weighted by molar-refractivity contribution is 0.0954. The van der Waals surface area contributed by atoms with Crippen LogP contribution in [0.2, 0.25) is 0 Å². The molecule has 0 saturated carbocycles. The number of aryl methyl sites for hydroxylation is 1. The van der Waals surface area contributed by atoms with E-state index in [1.165, 1.54) is 21.8 Å². The summed E-state index contributed by atoms with van der Waals surface area (Å²) >= 11 is 2.64. The molecule has 1 aliphatic carbocycles. The molecular weight excluding hydrogens is 392 g/mol. The van der Waals surface area contributed by atoms with Crippen molar-refractivity contribution in [1.29, 1.82) is 0 Å². The van der Waals surface area contributed by atoms with Crippen LogP contribution in [0, 0.1) is 0 Å². The first-order chi connectivity index (χ1) is 13.7. The highest BCUT2D eigenvalue weighted by atomic mass is 32.1. The Morgan fingerprint density at radius 1 is 1.07 bits per heavy atom. The monoisotopic (exact) mass is 412 g/mol. The van der Waals surface area contributed by atoms with E-state index in [1.54, 1.807) is 5.38 Å². The van der Waals surface area contributed by atoms with E-state index in [1.807, 2.05) is 30.3 Å². The second kappa shape index (κ2) is 8.62. The molecule has 0 unspecified atom stereocenters. The Kier molecular flexibility index (Phi) is 5.78. The lowest BCUT2D eigenvalue weighted by Crippen LogP contribution is -2.27. The predicted molar refractivity (Wildman–Crippen MR) is 111 cm³/mol. The van der Waals surface area contributed by atoms with Crippen LogP contribution in [0.15, 0.2) is 35.7 Å². The van der Waals surface area contributed by atoms with Gasteiger partial charge in [0.25, 0.3) is 11.8 Å². The number of benzene rings is 1. The molecule has 8 heteroatoms. The number of carbonyl (C=O) groups is 2. The number of nitrogens with one attached hydrogen (secondary N) is 2. The van der Waals surface area contributed by atoms with Crippen LogP contribution in [0.5, 0.6) is 0 Å². The normalized spacial score (nSPS) is 13.0. The Bertz CT molecular complexity index is 968. The van der Waals surface area contributed by atoms with Crippen LogP contribution in [0.1, 0.15) is 49.7 Å². The first-order valence-corrected chi connectivity index (χ1v) is 10.9. The molecule has 2 amide bonds. The van der Waals surface area contributed by atoms with Crippen LogP contribution < -0.4 is 10.6 Å². The number of rotatable bonds is 6. The summed E-state index contributed by atoms with van der Waals surface area (Å²) < 4.78 is 3.73. The van der Waals surface area contributed by atoms with Crippen molar-refractivity contribution in [3.63, 3.8) is 0 Å². The number of fused-ring (bicyclic) bond motifs is 1. The minimum atomic E-state index is -0.328. The van der Waals surface area contributed by atoms with Gasteiger partial charge in [0.2, 0.25) is 0 Å². The standard InChI is InChI=1S/C20H20N4O2S2/c25-18(15-12-27-24-23-15)22-20-17(14-8-4-5-9-16(14)28-20)19(26)21-11-10-13-6-2-1-3-7-13/h1-3,6-7,12H,4-5,8-11H2,(H,21,26)(H,22,25). The van der Waals surface area contributed by atoms with Crippen LogP contribution in [0.3, 0.4) is 0 Å². The van der Waals surface area contributed by atoms with Gasteiger partial charge >= 0.3 is 0 Å². The highest BCUT2D eigenvalue weighted by molar-refractivity contribution is 7.17. The maximum atomic E-state index is 13.0. The quantitative estimate of drug-likeness (QED) is 0.647. The third kappa shape index (κ3) is 4.13. The van der Waals surface area contributed by atoms with Gasteiger partial charge in [0.15, 0.2) is 5.69 Å². The molecule has 0 spiro atoms. The van der Waals surface area contributed by atoms with Crippen molar-refractivity contribution in [2.24, 2.45) is 0 Å². The van der Waals surface area contributed by atoms with Gasteiger partial charge in [-0.15, -0.1) is 16.4 Å². The molecule has 0 aliphatic heterocycles. The summed E-state index contributed by atoms with van der Waals surface area (Å²) in [6.07, 6.45) is 4.79. The molecule has 2 N–H and O–H groups in total. The molecule has 1 aromatic carbocycles. The maximum absolute atomic E-state index is 13.0. The summed E-state index contributed by atoms with van der Waals surface area (Å²) in [5, 5.41) is 11.9. The molecule has 0 atom stereocenters. The van der Waals surface area contributed by atoms with Crippen molar-refractivity contribution in [2.45, 2.75) is 32.1 Å². The van der Waals surface area contributed by atoms with Crippen molar-refractivity contribution in [1.82, 2.24) is 14.9 Å². The Hall–Kier alpha value is -2.58. The number of thiophene rings is 1. The van der Waals surface area contributed by atoms with E-state index < -0.39 is 0 Å². The van der Waals surface area contributed by atoms with Gasteiger partial charge in [-0.05, 0) is 54.8 Å². The van der Waals surface area contributed by atoms with Crippen LogP contribution in [0.4, 0.5) is 5.00 Å². The van der Waals surface area contributed by atoms with E-state index in [9.17, 15) is 9.59 Å². The van der Waals surface area contributed by atoms with Crippen molar-refractivity contribution in [2.75, 3.05) is 11.9 Å². The van der Waals surface area contributed by atoms with Gasteiger partial charge in [-0.25, -0.2) is 0 Å². The van der Waals surface area contributed by atoms with Crippen LogP contribution >= 0.6 is 22.9 Å². The second-order valence-electron chi connectivity index (χ2n) is 6.65. The number of aromatic nitrogens is 2. The van der Waals surface area contributed by atoms with Gasteiger partial charge in [-0.1, -0.05) is 34.8 Å². The number of anilines is 1. The molecule has 0 saturated heterocycles. The van der Waals surface area contributed by atoms with Gasteiger partial charge in [0.1, 0.15) is 5.00 Å². The maximum Gasteiger partial charge on any atom is 0.277 e. The van der Waals surface area contributed by atoms with Crippen molar-refractivity contribution in [3.05, 3.63) is 63.0 Å². The average molecular weight is 413 g/mol. The minimum absolute atomic E-state index is 0.123. The Balaban J connectivity index is 1.51. The van der Waals surface area contributed by atoms with Gasteiger partial charge in [-0.2, -0.15) is 0 Å². The van der Waals surface area contributed by atoms with E-state index >= 15 is 0 Å². The third-order valence-electron chi connectivity index (χ3n) is 4.76. The predicted octanol–water partition coefficient (Wildman–Crippen LogP) is 3.70. The Morgan fingerprint density at radius 3 is 2.68 bits per heavy atom. The number of carbonyl (C=O) groups excluding carboxylic acids is 2. The zero-order valence-corrected chi connectivity index (χ0v) is 16.9. The molecule has 2 aromatic heterocycles. The summed E-state index contributed by atoms with van der Waals surface area (Å²) in [5.41, 5.74) is 3.15. The summed E-state index contributed by atoms with van der Waals surface area (Å²) in [6.45, 7) is 0.552. The molecule has 2 heterocycles. The molecule has 1 aliphatic rings. The number of nitrogens with zero attached hydrogens (tertiary/aromatic N) is 2. The van der Waals surface area contributed by atoms with E-state index in [2.05, 4.69) is 20.2 Å². The number of hydrogen-bond acceptors (Lipinski definition) is 6. The van der Waals surface area contributed by atoms with E-state index in [4.69, 9.17) is 0 Å². The zero-order chi connectivity index (χ0) is 19.3. The Labute approximate surface area is 171 Å². The summed E-state index contributed by atoms with van der Waals surface area (Å²) in [5.74, 6) is -0.451. The van der Waals surface area contributed by atoms with Gasteiger partial charge in [0.05, 0.1) is 5.56 Å². The fourth-order valence-corrected chi connectivity index (χ4v) is 5.10. The van der Waals surface area contributed by atoms with Crippen molar-refractivity contribution < 1.29 is 9.59 Å². The molecule has 3 aromatic rings. The topological polar surface area (TPSA) is 84.0 Å². The Morgan fingerprint density at radius 2 is 1.89 bits per heavy atom. The van der Waals surface area contributed by atoms with E-state index in [0.29, 0.717) is 17.1 Å². The average Bonchev–Trinajstić information content (AvgIpc) is 3.36. The fourth-order valence-electron chi connectivity index (χ4n) is 3.38. The SMILES string of the molecule is O=C(Nc1sc2c(c1C(=O)NCCc1ccccc1)CCCC2)c1csnn1. The molecule has 6 nitrogen and oxygen atoms in total. The van der Waals surface area contributed by atoms with Crippen molar-refractivity contribution in [3.8, 4) is 0 Å². The molecule has 4 rings (SSSR count). The molecule has 28 heavy (non-hydrogen) atoms. The third-order valence-corrected chi connectivity index (χ3v) is 6.47. The van der Waals surface area contributed by atoms with Gasteiger partial charge in [-0.3, -0.25) is 9.59 Å². The summed E-state index contributed by atoms with van der Waals surface area (Å²) in [6, 6.07) is 10.1. The van der Waals surface area contributed by atoms with E-state index in [0.717, 1.165) is 49.2 Å². The smallest absolute Gasteiger partial charge is 0.277 e. The highest BCUT2D eigenvalue weighted by Crippen LogP contribution is 2.38. The number of amides is 2. The summed E-state index contributed by atoms with van der Waals surface area (Å²) in [7, 11) is 0. The van der Waals surface area contributed by atoms with Gasteiger partial charge < -0.3 is 10.6 Å².